The van der Waals surface area contributed by atoms with E-state index in [-0.39, 0.29) is 36.2 Å². The van der Waals surface area contributed by atoms with Gasteiger partial charge in [0.15, 0.2) is 0 Å². The van der Waals surface area contributed by atoms with Crippen molar-refractivity contribution >= 4 is 11.9 Å². The van der Waals surface area contributed by atoms with Gasteiger partial charge in [-0.25, -0.2) is 0 Å². The lowest BCUT2D eigenvalue weighted by Crippen LogP contribution is -2.24. The molecule has 0 radical (unpaired) electrons. The van der Waals surface area contributed by atoms with Crippen LogP contribution in [0.15, 0.2) is 23.8 Å². The number of ether oxygens (including phenoxy) is 3. The molecule has 0 bridgehead atoms. The van der Waals surface area contributed by atoms with E-state index >= 15 is 0 Å². The molecule has 0 unspecified atom stereocenters. The second kappa shape index (κ2) is 12.3. The van der Waals surface area contributed by atoms with Crippen LogP contribution in [0.5, 0.6) is 0 Å². The standard InChI is InChI=1S/C24H38O6/c1-16(2)8-7-9-18(26)12-13-20-21-14-19(10-5-6-11-24(27)28-4)30-23(21)15-22(20)29-17(3)25/h8,12-13,18-23,26H,5-7,9-11,14-15H2,1-4H3/b13-12+/t18-,19+,20+,21+,22+,23-/m0/s1. The molecule has 0 spiro atoms. The molecule has 170 valence electrons. The first-order chi connectivity index (χ1) is 14.3. The molecule has 0 amide bonds. The van der Waals surface area contributed by atoms with Gasteiger partial charge in [0.1, 0.15) is 6.10 Å². The molecule has 6 nitrogen and oxygen atoms in total. The highest BCUT2D eigenvalue weighted by Crippen LogP contribution is 2.46. The number of carbonyl (C=O) groups is 2. The Kier molecular flexibility index (Phi) is 10.1. The second-order valence-corrected chi connectivity index (χ2v) is 8.79. The van der Waals surface area contributed by atoms with Gasteiger partial charge in [-0.3, -0.25) is 9.59 Å². The third kappa shape index (κ3) is 7.88. The third-order valence-electron chi connectivity index (χ3n) is 6.04. The molecule has 1 aliphatic heterocycles. The van der Waals surface area contributed by atoms with Crippen LogP contribution in [-0.2, 0) is 23.8 Å². The van der Waals surface area contributed by atoms with E-state index in [1.807, 2.05) is 12.2 Å². The van der Waals surface area contributed by atoms with Gasteiger partial charge >= 0.3 is 11.9 Å². The van der Waals surface area contributed by atoms with Crippen molar-refractivity contribution in [2.75, 3.05) is 7.11 Å². The Hall–Kier alpha value is -1.66. The molecule has 2 rings (SSSR count). The summed E-state index contributed by atoms with van der Waals surface area (Å²) in [5, 5.41) is 10.3. The van der Waals surface area contributed by atoms with E-state index in [2.05, 4.69) is 24.7 Å². The lowest BCUT2D eigenvalue weighted by atomic mass is 9.88. The number of carbonyl (C=O) groups excluding carboxylic acids is 2. The van der Waals surface area contributed by atoms with Crippen molar-refractivity contribution in [1.82, 2.24) is 0 Å². The Morgan fingerprint density at radius 3 is 2.63 bits per heavy atom. The first kappa shape index (κ1) is 24.6. The summed E-state index contributed by atoms with van der Waals surface area (Å²) in [5.74, 6) is -0.0862. The van der Waals surface area contributed by atoms with Gasteiger partial charge in [0, 0.05) is 25.7 Å². The highest BCUT2D eigenvalue weighted by atomic mass is 16.6. The summed E-state index contributed by atoms with van der Waals surface area (Å²) in [5.41, 5.74) is 1.25. The number of methoxy groups -OCH3 is 1. The van der Waals surface area contributed by atoms with Crippen LogP contribution in [0, 0.1) is 11.8 Å². The summed E-state index contributed by atoms with van der Waals surface area (Å²) in [4.78, 5) is 22.8. The van der Waals surface area contributed by atoms with Crippen molar-refractivity contribution in [3.05, 3.63) is 23.8 Å². The Balaban J connectivity index is 1.89. The van der Waals surface area contributed by atoms with Gasteiger partial charge in [-0.1, -0.05) is 30.2 Å². The molecule has 2 fully saturated rings. The maximum atomic E-state index is 11.5. The van der Waals surface area contributed by atoms with E-state index in [1.54, 1.807) is 0 Å². The fraction of sp³-hybridized carbons (Fsp3) is 0.750. The average Bonchev–Trinajstić information content (AvgIpc) is 3.19. The van der Waals surface area contributed by atoms with Crippen molar-refractivity contribution < 1.29 is 28.9 Å². The minimum absolute atomic E-state index is 0.0667. The van der Waals surface area contributed by atoms with Crippen molar-refractivity contribution in [2.24, 2.45) is 11.8 Å². The Morgan fingerprint density at radius 2 is 1.97 bits per heavy atom. The molecule has 1 saturated heterocycles. The fourth-order valence-electron chi connectivity index (χ4n) is 4.59. The second-order valence-electron chi connectivity index (χ2n) is 8.79. The van der Waals surface area contributed by atoms with Crippen LogP contribution in [0.25, 0.3) is 0 Å². The molecule has 0 aromatic rings. The van der Waals surface area contributed by atoms with E-state index in [1.165, 1.54) is 19.6 Å². The quantitative estimate of drug-likeness (QED) is 0.307. The van der Waals surface area contributed by atoms with E-state index in [9.17, 15) is 14.7 Å². The number of rotatable bonds is 11. The van der Waals surface area contributed by atoms with Crippen molar-refractivity contribution in [3.63, 3.8) is 0 Å². The van der Waals surface area contributed by atoms with E-state index in [0.29, 0.717) is 25.2 Å². The average molecular weight is 423 g/mol. The Morgan fingerprint density at radius 1 is 1.20 bits per heavy atom. The van der Waals surface area contributed by atoms with E-state index < -0.39 is 6.10 Å². The van der Waals surface area contributed by atoms with E-state index in [0.717, 1.165) is 32.1 Å². The van der Waals surface area contributed by atoms with Crippen molar-refractivity contribution in [1.29, 1.82) is 0 Å². The largest absolute Gasteiger partial charge is 0.469 e. The fourth-order valence-corrected chi connectivity index (χ4v) is 4.59. The zero-order valence-corrected chi connectivity index (χ0v) is 18.8. The summed E-state index contributed by atoms with van der Waals surface area (Å²) in [7, 11) is 1.41. The minimum Gasteiger partial charge on any atom is -0.469 e. The van der Waals surface area contributed by atoms with Gasteiger partial charge < -0.3 is 19.3 Å². The number of aliphatic hydroxyl groups excluding tert-OH is 1. The predicted molar refractivity (Wildman–Crippen MR) is 115 cm³/mol. The molecule has 0 aromatic carbocycles. The van der Waals surface area contributed by atoms with Gasteiger partial charge in [0.2, 0.25) is 0 Å². The molecule has 6 atom stereocenters. The van der Waals surface area contributed by atoms with E-state index in [4.69, 9.17) is 9.47 Å². The van der Waals surface area contributed by atoms with Gasteiger partial charge in [-0.2, -0.15) is 0 Å². The first-order valence-electron chi connectivity index (χ1n) is 11.2. The molecule has 1 saturated carbocycles. The topological polar surface area (TPSA) is 82.1 Å². The summed E-state index contributed by atoms with van der Waals surface area (Å²) < 4.78 is 16.5. The molecule has 0 aromatic heterocycles. The Bertz CT molecular complexity index is 621. The first-order valence-corrected chi connectivity index (χ1v) is 11.2. The third-order valence-corrected chi connectivity index (χ3v) is 6.04. The number of allylic oxidation sites excluding steroid dienone is 2. The van der Waals surface area contributed by atoms with Crippen molar-refractivity contribution in [2.45, 2.75) is 96.6 Å². The highest BCUT2D eigenvalue weighted by molar-refractivity contribution is 5.69. The number of hydrogen-bond donors (Lipinski definition) is 1. The number of fused-ring (bicyclic) bond motifs is 1. The molecular formula is C24H38O6. The van der Waals surface area contributed by atoms with Gasteiger partial charge in [0.05, 0.1) is 25.4 Å². The molecular weight excluding hydrogens is 384 g/mol. The number of hydrogen-bond acceptors (Lipinski definition) is 6. The van der Waals surface area contributed by atoms with Gasteiger partial charge in [-0.15, -0.1) is 0 Å². The smallest absolute Gasteiger partial charge is 0.305 e. The molecule has 30 heavy (non-hydrogen) atoms. The SMILES string of the molecule is COC(=O)CCCC[C@@H]1C[C@@H]2[C@@H](/C=C/[C@@H](O)CCC=C(C)C)[C@H](OC(C)=O)C[C@@H]2O1. The van der Waals surface area contributed by atoms with Crippen molar-refractivity contribution in [3.8, 4) is 0 Å². The Labute approximate surface area is 180 Å². The zero-order valence-electron chi connectivity index (χ0n) is 18.8. The van der Waals surface area contributed by atoms with Crippen LogP contribution in [0.1, 0.15) is 72.1 Å². The van der Waals surface area contributed by atoms with Gasteiger partial charge in [0.25, 0.3) is 0 Å². The molecule has 6 heteroatoms. The van der Waals surface area contributed by atoms with Crippen LogP contribution in [0.3, 0.4) is 0 Å². The molecule has 1 heterocycles. The van der Waals surface area contributed by atoms with Crippen LogP contribution in [0.2, 0.25) is 0 Å². The molecule has 1 aliphatic carbocycles. The van der Waals surface area contributed by atoms with Gasteiger partial charge in [-0.05, 0) is 51.9 Å². The minimum atomic E-state index is -0.505. The lowest BCUT2D eigenvalue weighted by molar-refractivity contribution is -0.148. The lowest BCUT2D eigenvalue weighted by Gasteiger charge is -2.21. The van der Waals surface area contributed by atoms with Crippen LogP contribution in [0.4, 0.5) is 0 Å². The summed E-state index contributed by atoms with van der Waals surface area (Å²) in [6, 6.07) is 0. The highest BCUT2D eigenvalue weighted by Gasteiger charge is 2.49. The van der Waals surface area contributed by atoms with Crippen LogP contribution < -0.4 is 0 Å². The normalized spacial score (nSPS) is 28.9. The monoisotopic (exact) mass is 422 g/mol. The maximum Gasteiger partial charge on any atom is 0.305 e. The molecule has 1 N–H and O–H groups in total. The predicted octanol–water partition coefficient (Wildman–Crippen LogP) is 4.11. The number of aliphatic hydroxyl groups is 1. The maximum absolute atomic E-state index is 11.5. The molecule has 2 aliphatic rings. The van der Waals surface area contributed by atoms with Crippen LogP contribution in [-0.4, -0.2) is 48.6 Å². The number of unbranched alkanes of at least 4 members (excludes halogenated alkanes) is 1. The van der Waals surface area contributed by atoms with Crippen LogP contribution >= 0.6 is 0 Å². The number of esters is 2. The summed E-state index contributed by atoms with van der Waals surface area (Å²) in [6.45, 7) is 5.54. The summed E-state index contributed by atoms with van der Waals surface area (Å²) >= 11 is 0. The summed E-state index contributed by atoms with van der Waals surface area (Å²) in [6.07, 6.45) is 11.8. The zero-order chi connectivity index (χ0) is 22.1.